The number of carbonyl (C=O) groups excluding carboxylic acids is 1. The molecule has 1 aliphatic heterocycles. The van der Waals surface area contributed by atoms with Crippen LogP contribution in [0.5, 0.6) is 5.75 Å². The lowest BCUT2D eigenvalue weighted by atomic mass is 10.2. The largest absolute Gasteiger partial charge is 0.488 e. The van der Waals surface area contributed by atoms with Crippen LogP contribution in [0.15, 0.2) is 48.5 Å². The van der Waals surface area contributed by atoms with Gasteiger partial charge < -0.3 is 19.9 Å². The Bertz CT molecular complexity index is 743. The second-order valence-electron chi connectivity index (χ2n) is 7.09. The summed E-state index contributed by atoms with van der Waals surface area (Å²) in [6, 6.07) is 15.4. The number of quaternary nitrogens is 2. The van der Waals surface area contributed by atoms with Gasteiger partial charge in [-0.1, -0.05) is 29.8 Å². The van der Waals surface area contributed by atoms with Gasteiger partial charge in [0.25, 0.3) is 5.91 Å². The predicted octanol–water partition coefficient (Wildman–Crippen LogP) is 0.449. The minimum atomic E-state index is 0.0915. The normalized spacial score (nSPS) is 19.5. The summed E-state index contributed by atoms with van der Waals surface area (Å²) in [5.41, 5.74) is 2.00. The third-order valence-electron chi connectivity index (χ3n) is 5.03. The molecule has 1 amide bonds. The van der Waals surface area contributed by atoms with E-state index in [9.17, 15) is 4.79 Å². The summed E-state index contributed by atoms with van der Waals surface area (Å²) in [6.07, 6.45) is 0. The van der Waals surface area contributed by atoms with E-state index in [1.807, 2.05) is 55.5 Å². The van der Waals surface area contributed by atoms with E-state index in [-0.39, 0.29) is 5.91 Å². The van der Waals surface area contributed by atoms with Gasteiger partial charge in [-0.25, -0.2) is 0 Å². The first-order chi connectivity index (χ1) is 13.1. The Hall–Kier alpha value is -2.08. The molecule has 0 unspecified atom stereocenters. The summed E-state index contributed by atoms with van der Waals surface area (Å²) in [7, 11) is 0. The highest BCUT2D eigenvalue weighted by Gasteiger charge is 2.24. The fraction of sp³-hybridized carbons (Fsp3) is 0.381. The number of carbonyl (C=O) groups is 1. The lowest BCUT2D eigenvalue weighted by Crippen LogP contribution is -3.28. The predicted molar refractivity (Wildman–Crippen MR) is 108 cm³/mol. The van der Waals surface area contributed by atoms with Gasteiger partial charge in [0.2, 0.25) is 0 Å². The summed E-state index contributed by atoms with van der Waals surface area (Å²) < 4.78 is 5.78. The summed E-state index contributed by atoms with van der Waals surface area (Å²) in [5, 5.41) is 3.75. The van der Waals surface area contributed by atoms with Crippen LogP contribution in [-0.4, -0.2) is 51.8 Å². The average Bonchev–Trinajstić information content (AvgIpc) is 2.67. The second kappa shape index (κ2) is 9.74. The zero-order chi connectivity index (χ0) is 19.1. The van der Waals surface area contributed by atoms with Crippen LogP contribution in [0.4, 0.5) is 5.69 Å². The van der Waals surface area contributed by atoms with Crippen molar-refractivity contribution in [2.75, 3.05) is 51.2 Å². The van der Waals surface area contributed by atoms with Gasteiger partial charge in [0.15, 0.2) is 6.54 Å². The molecule has 1 fully saturated rings. The summed E-state index contributed by atoms with van der Waals surface area (Å²) >= 11 is 5.88. The number of hydrogen-bond donors (Lipinski definition) is 3. The summed E-state index contributed by atoms with van der Waals surface area (Å²) in [6.45, 7) is 8.37. The van der Waals surface area contributed by atoms with Crippen molar-refractivity contribution in [3.8, 4) is 5.75 Å². The zero-order valence-electron chi connectivity index (χ0n) is 15.8. The van der Waals surface area contributed by atoms with E-state index in [1.54, 1.807) is 0 Å². The van der Waals surface area contributed by atoms with Crippen molar-refractivity contribution in [2.45, 2.75) is 6.92 Å². The molecule has 144 valence electrons. The van der Waals surface area contributed by atoms with E-state index in [2.05, 4.69) is 5.32 Å². The van der Waals surface area contributed by atoms with Crippen LogP contribution in [0.25, 0.3) is 0 Å². The van der Waals surface area contributed by atoms with E-state index in [0.29, 0.717) is 13.2 Å². The van der Waals surface area contributed by atoms with Gasteiger partial charge in [-0.2, -0.15) is 0 Å². The highest BCUT2D eigenvalue weighted by Crippen LogP contribution is 2.15. The van der Waals surface area contributed by atoms with E-state index < -0.39 is 0 Å². The smallest absolute Gasteiger partial charge is 0.279 e. The zero-order valence-corrected chi connectivity index (χ0v) is 16.5. The maximum absolute atomic E-state index is 12.3. The molecule has 0 spiro atoms. The van der Waals surface area contributed by atoms with E-state index in [4.69, 9.17) is 16.3 Å². The number of halogens is 1. The molecule has 1 heterocycles. The molecule has 0 radical (unpaired) electrons. The van der Waals surface area contributed by atoms with Gasteiger partial charge in [0.05, 0.1) is 0 Å². The van der Waals surface area contributed by atoms with Crippen molar-refractivity contribution in [3.05, 3.63) is 59.1 Å². The van der Waals surface area contributed by atoms with Crippen molar-refractivity contribution < 1.29 is 19.3 Å². The molecule has 2 aromatic carbocycles. The van der Waals surface area contributed by atoms with Crippen LogP contribution in [0.2, 0.25) is 5.02 Å². The van der Waals surface area contributed by atoms with Crippen LogP contribution < -0.4 is 19.9 Å². The lowest BCUT2D eigenvalue weighted by molar-refractivity contribution is -1.01. The molecule has 0 bridgehead atoms. The number of ether oxygens (including phenoxy) is 1. The number of benzene rings is 2. The summed E-state index contributed by atoms with van der Waals surface area (Å²) in [4.78, 5) is 15.2. The molecule has 0 aromatic heterocycles. The summed E-state index contributed by atoms with van der Waals surface area (Å²) in [5.74, 6) is 0.949. The first-order valence-corrected chi connectivity index (χ1v) is 9.89. The molecule has 3 N–H and O–H groups in total. The van der Waals surface area contributed by atoms with E-state index in [1.165, 1.54) is 9.80 Å². The second-order valence-corrected chi connectivity index (χ2v) is 7.53. The quantitative estimate of drug-likeness (QED) is 0.644. The minimum absolute atomic E-state index is 0.0915. The Morgan fingerprint density at radius 2 is 1.70 bits per heavy atom. The Kier molecular flexibility index (Phi) is 7.10. The monoisotopic (exact) mass is 389 g/mol. The SMILES string of the molecule is Cc1ccccc1NC(=O)C[NH+]1CC[NH+](CCOc2ccc(Cl)cc2)CC1. The maximum atomic E-state index is 12.3. The van der Waals surface area contributed by atoms with E-state index in [0.717, 1.165) is 54.7 Å². The number of para-hydroxylation sites is 1. The molecule has 0 atom stereocenters. The average molecular weight is 390 g/mol. The van der Waals surface area contributed by atoms with Crippen molar-refractivity contribution in [1.29, 1.82) is 0 Å². The number of amides is 1. The number of aryl methyl sites for hydroxylation is 1. The fourth-order valence-corrected chi connectivity index (χ4v) is 3.49. The van der Waals surface area contributed by atoms with Crippen LogP contribution in [-0.2, 0) is 4.79 Å². The van der Waals surface area contributed by atoms with Crippen molar-refractivity contribution in [1.82, 2.24) is 0 Å². The van der Waals surface area contributed by atoms with Crippen LogP contribution in [0, 0.1) is 6.92 Å². The number of nitrogens with one attached hydrogen (secondary N) is 3. The standard InChI is InChI=1S/C21H26ClN3O2/c1-17-4-2-3-5-20(17)23-21(26)16-25-12-10-24(11-13-25)14-15-27-19-8-6-18(22)7-9-19/h2-9H,10-16H2,1H3,(H,23,26)/p+2. The van der Waals surface area contributed by atoms with Crippen LogP contribution >= 0.6 is 11.6 Å². The highest BCUT2D eigenvalue weighted by molar-refractivity contribution is 6.30. The molecule has 0 saturated carbocycles. The molecule has 3 rings (SSSR count). The fourth-order valence-electron chi connectivity index (χ4n) is 3.36. The number of rotatable bonds is 7. The first-order valence-electron chi connectivity index (χ1n) is 9.51. The van der Waals surface area contributed by atoms with Gasteiger partial charge in [0, 0.05) is 10.7 Å². The van der Waals surface area contributed by atoms with E-state index >= 15 is 0 Å². The molecule has 2 aromatic rings. The van der Waals surface area contributed by atoms with Crippen molar-refractivity contribution >= 4 is 23.2 Å². The molecule has 5 nitrogen and oxygen atoms in total. The van der Waals surface area contributed by atoms with Gasteiger partial charge in [-0.3, -0.25) is 4.79 Å². The molecule has 6 heteroatoms. The molecule has 1 saturated heterocycles. The molecule has 27 heavy (non-hydrogen) atoms. The third kappa shape index (κ3) is 6.24. The van der Waals surface area contributed by atoms with Gasteiger partial charge in [-0.05, 0) is 42.8 Å². The van der Waals surface area contributed by atoms with Crippen LogP contribution in [0.3, 0.4) is 0 Å². The van der Waals surface area contributed by atoms with Crippen LogP contribution in [0.1, 0.15) is 5.56 Å². The Labute approximate surface area is 165 Å². The minimum Gasteiger partial charge on any atom is -0.488 e. The number of anilines is 1. The third-order valence-corrected chi connectivity index (χ3v) is 5.28. The highest BCUT2D eigenvalue weighted by atomic mass is 35.5. The number of piperazine rings is 1. The Morgan fingerprint density at radius 1 is 1.04 bits per heavy atom. The Balaban J connectivity index is 1.34. The van der Waals surface area contributed by atoms with Gasteiger partial charge in [-0.15, -0.1) is 0 Å². The topological polar surface area (TPSA) is 47.2 Å². The van der Waals surface area contributed by atoms with Crippen molar-refractivity contribution in [3.63, 3.8) is 0 Å². The first kappa shape index (κ1) is 19.7. The molecule has 1 aliphatic rings. The molecular formula is C21H28ClN3O2+2. The molecular weight excluding hydrogens is 362 g/mol. The lowest BCUT2D eigenvalue weighted by Gasteiger charge is -2.29. The molecule has 0 aliphatic carbocycles. The number of hydrogen-bond acceptors (Lipinski definition) is 2. The van der Waals surface area contributed by atoms with Gasteiger partial charge in [0.1, 0.15) is 45.1 Å². The van der Waals surface area contributed by atoms with Gasteiger partial charge >= 0.3 is 0 Å². The van der Waals surface area contributed by atoms with Crippen molar-refractivity contribution in [2.24, 2.45) is 0 Å². The Morgan fingerprint density at radius 3 is 2.41 bits per heavy atom. The maximum Gasteiger partial charge on any atom is 0.279 e.